The molecule has 0 aromatic heterocycles. The fourth-order valence-electron chi connectivity index (χ4n) is 3.60. The van der Waals surface area contributed by atoms with Gasteiger partial charge in [0.1, 0.15) is 0 Å². The number of carbonyl (C=O) groups is 2. The summed E-state index contributed by atoms with van der Waals surface area (Å²) in [4.78, 5) is 26.5. The maximum atomic E-state index is 13.3. The second-order valence-corrected chi connectivity index (χ2v) is 15.5. The molecule has 2 rings (SSSR count). The maximum Gasteiger partial charge on any atom is 0.261 e. The van der Waals surface area contributed by atoms with Gasteiger partial charge in [0, 0.05) is 18.4 Å². The molecule has 1 aliphatic heterocycles. The summed E-state index contributed by atoms with van der Waals surface area (Å²) in [6.45, 7) is 12.2. The molecular weight excluding hydrogens is 393 g/mol. The highest BCUT2D eigenvalue weighted by molar-refractivity contribution is 7.59. The van der Waals surface area contributed by atoms with E-state index in [-0.39, 0.29) is 24.0 Å². The molecule has 6 nitrogen and oxygen atoms in total. The van der Waals surface area contributed by atoms with E-state index in [0.29, 0.717) is 36.5 Å². The SMILES string of the molecule is CCOP(=O)(CCC(C)N1C(=O)c2ccccc2C1=O)CC(C)O[Si](C)(C)C. The zero-order valence-electron chi connectivity index (χ0n) is 17.7. The monoisotopic (exact) mass is 425 g/mol. The third-order valence-corrected chi connectivity index (χ3v) is 8.46. The van der Waals surface area contributed by atoms with Crippen LogP contribution in [0.1, 0.15) is 47.9 Å². The third-order valence-electron chi connectivity index (χ3n) is 4.61. The van der Waals surface area contributed by atoms with Gasteiger partial charge in [-0.15, -0.1) is 0 Å². The molecule has 1 heterocycles. The van der Waals surface area contributed by atoms with Crippen molar-refractivity contribution in [3.63, 3.8) is 0 Å². The molecule has 0 radical (unpaired) electrons. The lowest BCUT2D eigenvalue weighted by atomic mass is 10.1. The number of amides is 2. The van der Waals surface area contributed by atoms with E-state index in [2.05, 4.69) is 19.6 Å². The Balaban J connectivity index is 2.04. The van der Waals surface area contributed by atoms with Crippen molar-refractivity contribution < 1.29 is 23.1 Å². The first-order valence-corrected chi connectivity index (χ1v) is 15.2. The molecule has 0 spiro atoms. The predicted octanol–water partition coefficient (Wildman–Crippen LogP) is 4.62. The summed E-state index contributed by atoms with van der Waals surface area (Å²) in [6, 6.07) is 6.49. The number of benzene rings is 1. The molecule has 0 bridgehead atoms. The van der Waals surface area contributed by atoms with E-state index in [1.54, 1.807) is 24.3 Å². The first-order valence-electron chi connectivity index (χ1n) is 9.85. The van der Waals surface area contributed by atoms with Crippen LogP contribution in [0.5, 0.6) is 0 Å². The highest BCUT2D eigenvalue weighted by Crippen LogP contribution is 2.49. The number of nitrogens with zero attached hydrogens (tertiary/aromatic N) is 1. The molecule has 0 aliphatic carbocycles. The van der Waals surface area contributed by atoms with Crippen LogP contribution < -0.4 is 0 Å². The summed E-state index contributed by atoms with van der Waals surface area (Å²) < 4.78 is 25.0. The van der Waals surface area contributed by atoms with E-state index in [9.17, 15) is 14.2 Å². The molecule has 28 heavy (non-hydrogen) atoms. The van der Waals surface area contributed by atoms with Crippen molar-refractivity contribution in [3.05, 3.63) is 35.4 Å². The van der Waals surface area contributed by atoms with Crippen molar-refractivity contribution in [1.82, 2.24) is 4.90 Å². The average molecular weight is 426 g/mol. The maximum absolute atomic E-state index is 13.3. The van der Waals surface area contributed by atoms with Gasteiger partial charge in [-0.2, -0.15) is 0 Å². The van der Waals surface area contributed by atoms with Gasteiger partial charge in [0.2, 0.25) is 7.37 Å². The quantitative estimate of drug-likeness (QED) is 0.311. The highest BCUT2D eigenvalue weighted by Gasteiger charge is 2.39. The first kappa shape index (κ1) is 23.0. The van der Waals surface area contributed by atoms with Crippen molar-refractivity contribution in [3.8, 4) is 0 Å². The fourth-order valence-corrected chi connectivity index (χ4v) is 7.54. The van der Waals surface area contributed by atoms with Crippen LogP contribution in [0.15, 0.2) is 24.3 Å². The molecule has 8 heteroatoms. The molecule has 0 N–H and O–H groups in total. The molecule has 3 atom stereocenters. The summed E-state index contributed by atoms with van der Waals surface area (Å²) >= 11 is 0. The number of rotatable bonds is 10. The van der Waals surface area contributed by atoms with Gasteiger partial charge in [-0.25, -0.2) is 0 Å². The zero-order valence-corrected chi connectivity index (χ0v) is 19.6. The number of fused-ring (bicyclic) bond motifs is 1. The molecule has 1 aliphatic rings. The zero-order chi connectivity index (χ0) is 21.1. The second-order valence-electron chi connectivity index (χ2n) is 8.34. The number of hydrogen-bond acceptors (Lipinski definition) is 5. The van der Waals surface area contributed by atoms with E-state index in [1.165, 1.54) is 4.90 Å². The van der Waals surface area contributed by atoms with Gasteiger partial charge in [-0.3, -0.25) is 19.1 Å². The van der Waals surface area contributed by atoms with Crippen LogP contribution in [0.2, 0.25) is 19.6 Å². The Bertz CT molecular complexity index is 741. The van der Waals surface area contributed by atoms with E-state index in [4.69, 9.17) is 8.95 Å². The lowest BCUT2D eigenvalue weighted by Gasteiger charge is -2.29. The Morgan fingerprint density at radius 2 is 1.61 bits per heavy atom. The summed E-state index contributed by atoms with van der Waals surface area (Å²) in [7, 11) is -4.66. The molecule has 0 fully saturated rings. The largest absolute Gasteiger partial charge is 0.414 e. The standard InChI is InChI=1S/C20H32NO5PSi/c1-7-25-27(24,14-16(3)26-28(4,5)6)13-12-15(2)21-19(22)17-10-8-9-11-18(17)20(21)23/h8-11,15-16H,7,12-14H2,1-6H3. The summed E-state index contributed by atoms with van der Waals surface area (Å²) in [5, 5.41) is 0. The Morgan fingerprint density at radius 1 is 1.07 bits per heavy atom. The Morgan fingerprint density at radius 3 is 2.07 bits per heavy atom. The molecule has 3 unspecified atom stereocenters. The minimum absolute atomic E-state index is 0.154. The lowest BCUT2D eigenvalue weighted by molar-refractivity contribution is 0.0593. The molecule has 1 aromatic carbocycles. The molecule has 0 saturated carbocycles. The highest BCUT2D eigenvalue weighted by atomic mass is 31.2. The van der Waals surface area contributed by atoms with E-state index in [1.807, 2.05) is 20.8 Å². The topological polar surface area (TPSA) is 72.9 Å². The minimum Gasteiger partial charge on any atom is -0.414 e. The van der Waals surface area contributed by atoms with E-state index >= 15 is 0 Å². The van der Waals surface area contributed by atoms with Crippen molar-refractivity contribution in [2.45, 2.75) is 59.0 Å². The van der Waals surface area contributed by atoms with Gasteiger partial charge >= 0.3 is 0 Å². The van der Waals surface area contributed by atoms with Crippen LogP contribution in [0.3, 0.4) is 0 Å². The van der Waals surface area contributed by atoms with Crippen LogP contribution in [-0.2, 0) is 13.5 Å². The van der Waals surface area contributed by atoms with Gasteiger partial charge in [0.15, 0.2) is 8.32 Å². The molecule has 0 saturated heterocycles. The van der Waals surface area contributed by atoms with E-state index < -0.39 is 15.7 Å². The minimum atomic E-state index is -2.92. The Kier molecular flexibility index (Phi) is 7.42. The van der Waals surface area contributed by atoms with Gasteiger partial charge in [-0.05, 0) is 59.0 Å². The van der Waals surface area contributed by atoms with Crippen molar-refractivity contribution in [2.75, 3.05) is 18.9 Å². The van der Waals surface area contributed by atoms with Crippen LogP contribution in [0.25, 0.3) is 0 Å². The van der Waals surface area contributed by atoms with Crippen LogP contribution in [0.4, 0.5) is 0 Å². The van der Waals surface area contributed by atoms with E-state index in [0.717, 1.165) is 0 Å². The van der Waals surface area contributed by atoms with Gasteiger partial charge in [0.25, 0.3) is 11.8 Å². The summed E-state index contributed by atoms with van der Waals surface area (Å²) in [6.07, 6.45) is 0.940. The summed E-state index contributed by atoms with van der Waals surface area (Å²) in [5.41, 5.74) is 0.869. The Hall–Kier alpha value is -1.27. The summed E-state index contributed by atoms with van der Waals surface area (Å²) in [5.74, 6) is -0.565. The first-order chi connectivity index (χ1) is 13.0. The predicted molar refractivity (Wildman–Crippen MR) is 114 cm³/mol. The number of hydrogen-bond donors (Lipinski definition) is 0. The van der Waals surface area contributed by atoms with Crippen LogP contribution in [0, 0.1) is 0 Å². The van der Waals surface area contributed by atoms with Gasteiger partial charge in [-0.1, -0.05) is 12.1 Å². The molecular formula is C20H32NO5PSi. The van der Waals surface area contributed by atoms with Gasteiger partial charge < -0.3 is 8.95 Å². The van der Waals surface area contributed by atoms with Crippen molar-refractivity contribution in [1.29, 1.82) is 0 Å². The average Bonchev–Trinajstić information content (AvgIpc) is 2.83. The molecule has 2 amide bonds. The van der Waals surface area contributed by atoms with Crippen LogP contribution >= 0.6 is 7.37 Å². The van der Waals surface area contributed by atoms with Crippen molar-refractivity contribution in [2.24, 2.45) is 0 Å². The van der Waals surface area contributed by atoms with Gasteiger partial charge in [0.05, 0.1) is 23.8 Å². The normalized spacial score (nSPS) is 18.7. The number of imide groups is 1. The molecule has 1 aromatic rings. The number of carbonyl (C=O) groups excluding carboxylic acids is 2. The second kappa shape index (κ2) is 9.03. The third kappa shape index (κ3) is 5.63. The Labute approximate surface area is 169 Å². The smallest absolute Gasteiger partial charge is 0.261 e. The van der Waals surface area contributed by atoms with Crippen LogP contribution in [-0.4, -0.2) is 56.1 Å². The fraction of sp³-hybridized carbons (Fsp3) is 0.600. The lowest BCUT2D eigenvalue weighted by Crippen LogP contribution is -2.38. The molecule has 156 valence electrons. The van der Waals surface area contributed by atoms with Crippen molar-refractivity contribution >= 4 is 27.5 Å².